The maximum absolute atomic E-state index is 14.0. The van der Waals surface area contributed by atoms with Crippen LogP contribution in [0.4, 0.5) is 43.9 Å². The fraction of sp³-hybridized carbons (Fsp3) is 0. The summed E-state index contributed by atoms with van der Waals surface area (Å²) in [5.41, 5.74) is -7.16. The van der Waals surface area contributed by atoms with Crippen molar-refractivity contribution in [2.24, 2.45) is 0 Å². The van der Waals surface area contributed by atoms with Crippen LogP contribution in [0.2, 0.25) is 0 Å². The number of nitrogens with zero attached hydrogens (tertiary/aromatic N) is 1. The minimum absolute atomic E-state index is 0.195. The molecule has 3 aromatic rings. The SMILES string of the molecule is O=C(O)c1cc(-c2c(F)c(F)c(F)c(F)c2F)cnc1-c1c(F)c(F)c(F)c(F)c1F. The summed E-state index contributed by atoms with van der Waals surface area (Å²) in [5.74, 6) is -26.5. The maximum atomic E-state index is 14.0. The summed E-state index contributed by atoms with van der Waals surface area (Å²) in [5, 5.41) is 9.22. The third-order valence-electron chi connectivity index (χ3n) is 4.06. The molecule has 0 bridgehead atoms. The van der Waals surface area contributed by atoms with Crippen LogP contribution in [0.5, 0.6) is 0 Å². The van der Waals surface area contributed by atoms with Gasteiger partial charge < -0.3 is 5.11 Å². The van der Waals surface area contributed by atoms with Gasteiger partial charge >= 0.3 is 5.97 Å². The first-order valence-corrected chi connectivity index (χ1v) is 7.67. The Kier molecular flexibility index (Phi) is 5.38. The van der Waals surface area contributed by atoms with E-state index in [0.29, 0.717) is 0 Å². The molecule has 0 atom stereocenters. The van der Waals surface area contributed by atoms with Gasteiger partial charge in [0.15, 0.2) is 46.5 Å². The summed E-state index contributed by atoms with van der Waals surface area (Å²) in [6.45, 7) is 0. The van der Waals surface area contributed by atoms with Gasteiger partial charge in [-0.05, 0) is 6.07 Å². The number of aromatic carboxylic acids is 1. The zero-order chi connectivity index (χ0) is 23.4. The average Bonchev–Trinajstić information content (AvgIpc) is 2.74. The number of hydrogen-bond acceptors (Lipinski definition) is 2. The summed E-state index contributed by atoms with van der Waals surface area (Å²) >= 11 is 0. The van der Waals surface area contributed by atoms with E-state index in [4.69, 9.17) is 0 Å². The predicted molar refractivity (Wildman–Crippen MR) is 81.6 cm³/mol. The minimum atomic E-state index is -2.55. The molecule has 0 spiro atoms. The molecule has 0 fully saturated rings. The van der Waals surface area contributed by atoms with E-state index in [0.717, 1.165) is 0 Å². The van der Waals surface area contributed by atoms with Gasteiger partial charge in [0.25, 0.3) is 0 Å². The summed E-state index contributed by atoms with van der Waals surface area (Å²) in [6.07, 6.45) is 0.234. The lowest BCUT2D eigenvalue weighted by atomic mass is 9.98. The third kappa shape index (κ3) is 3.25. The molecular formula is C18H3F10NO2. The van der Waals surface area contributed by atoms with E-state index in [9.17, 15) is 53.8 Å². The van der Waals surface area contributed by atoms with Gasteiger partial charge in [0, 0.05) is 11.8 Å². The molecule has 0 radical (unpaired) electrons. The molecule has 2 aromatic carbocycles. The highest BCUT2D eigenvalue weighted by Crippen LogP contribution is 2.36. The van der Waals surface area contributed by atoms with Crippen LogP contribution in [0.15, 0.2) is 12.3 Å². The van der Waals surface area contributed by atoms with Gasteiger partial charge in [-0.3, -0.25) is 4.98 Å². The Morgan fingerprint density at radius 1 is 0.613 bits per heavy atom. The summed E-state index contributed by atoms with van der Waals surface area (Å²) in [4.78, 5) is 14.6. The van der Waals surface area contributed by atoms with Crippen molar-refractivity contribution in [1.29, 1.82) is 0 Å². The highest BCUT2D eigenvalue weighted by molar-refractivity contribution is 5.96. The van der Waals surface area contributed by atoms with Crippen LogP contribution in [-0.2, 0) is 0 Å². The molecule has 162 valence electrons. The largest absolute Gasteiger partial charge is 0.478 e. The number of carboxylic acid groups (broad SMARTS) is 1. The van der Waals surface area contributed by atoms with Crippen LogP contribution in [0, 0.1) is 58.2 Å². The van der Waals surface area contributed by atoms with Crippen LogP contribution in [-0.4, -0.2) is 16.1 Å². The van der Waals surface area contributed by atoms with Crippen molar-refractivity contribution in [2.45, 2.75) is 0 Å². The minimum Gasteiger partial charge on any atom is -0.478 e. The van der Waals surface area contributed by atoms with Gasteiger partial charge in [-0.2, -0.15) is 0 Å². The summed E-state index contributed by atoms with van der Waals surface area (Å²) < 4.78 is 136. The summed E-state index contributed by atoms with van der Waals surface area (Å²) in [7, 11) is 0. The molecule has 0 aliphatic carbocycles. The topological polar surface area (TPSA) is 50.2 Å². The zero-order valence-corrected chi connectivity index (χ0v) is 14.2. The van der Waals surface area contributed by atoms with Crippen molar-refractivity contribution in [3.63, 3.8) is 0 Å². The van der Waals surface area contributed by atoms with Gasteiger partial charge in [0.05, 0.1) is 22.4 Å². The lowest BCUT2D eigenvalue weighted by molar-refractivity contribution is 0.0697. The molecule has 0 saturated heterocycles. The van der Waals surface area contributed by atoms with Crippen LogP contribution >= 0.6 is 0 Å². The molecule has 1 aromatic heterocycles. The normalized spacial score (nSPS) is 11.2. The van der Waals surface area contributed by atoms with Gasteiger partial charge in [-0.15, -0.1) is 0 Å². The molecule has 3 rings (SSSR count). The lowest BCUT2D eigenvalue weighted by Crippen LogP contribution is -2.10. The van der Waals surface area contributed by atoms with Crippen LogP contribution in [0.1, 0.15) is 10.4 Å². The van der Waals surface area contributed by atoms with Crippen molar-refractivity contribution in [2.75, 3.05) is 0 Å². The average molecular weight is 455 g/mol. The van der Waals surface area contributed by atoms with Crippen molar-refractivity contribution >= 4 is 5.97 Å². The second-order valence-electron chi connectivity index (χ2n) is 5.82. The Morgan fingerprint density at radius 2 is 0.968 bits per heavy atom. The first kappa shape index (κ1) is 22.1. The fourth-order valence-electron chi connectivity index (χ4n) is 2.63. The van der Waals surface area contributed by atoms with Gasteiger partial charge in [0.1, 0.15) is 0 Å². The molecule has 0 aliphatic heterocycles. The van der Waals surface area contributed by atoms with E-state index >= 15 is 0 Å². The molecular weight excluding hydrogens is 452 g/mol. The first-order chi connectivity index (χ1) is 14.4. The van der Waals surface area contributed by atoms with Crippen molar-refractivity contribution < 1.29 is 53.8 Å². The molecule has 1 heterocycles. The molecule has 0 unspecified atom stereocenters. The number of rotatable bonds is 3. The lowest BCUT2D eigenvalue weighted by Gasteiger charge is -2.13. The highest BCUT2D eigenvalue weighted by atomic mass is 19.2. The number of benzene rings is 2. The Morgan fingerprint density at radius 3 is 1.35 bits per heavy atom. The number of aromatic nitrogens is 1. The van der Waals surface area contributed by atoms with Crippen molar-refractivity contribution in [1.82, 2.24) is 4.98 Å². The molecule has 1 N–H and O–H groups in total. The van der Waals surface area contributed by atoms with Crippen LogP contribution in [0.25, 0.3) is 22.4 Å². The third-order valence-corrected chi connectivity index (χ3v) is 4.06. The second kappa shape index (κ2) is 7.56. The zero-order valence-electron chi connectivity index (χ0n) is 14.2. The van der Waals surface area contributed by atoms with Gasteiger partial charge in [-0.1, -0.05) is 0 Å². The highest BCUT2D eigenvalue weighted by Gasteiger charge is 2.32. The fourth-order valence-corrected chi connectivity index (χ4v) is 2.63. The van der Waals surface area contributed by atoms with Crippen molar-refractivity contribution in [3.8, 4) is 22.4 Å². The van der Waals surface area contributed by atoms with Crippen molar-refractivity contribution in [3.05, 3.63) is 76.0 Å². The first-order valence-electron chi connectivity index (χ1n) is 7.67. The van der Waals surface area contributed by atoms with E-state index in [-0.39, 0.29) is 12.3 Å². The van der Waals surface area contributed by atoms with Crippen LogP contribution in [0.3, 0.4) is 0 Å². The van der Waals surface area contributed by atoms with E-state index < -0.39 is 92.1 Å². The quantitative estimate of drug-likeness (QED) is 0.322. The van der Waals surface area contributed by atoms with Gasteiger partial charge in [-0.25, -0.2) is 48.7 Å². The second-order valence-corrected chi connectivity index (χ2v) is 5.82. The summed E-state index contributed by atoms with van der Waals surface area (Å²) in [6, 6.07) is 0.195. The Bertz CT molecular complexity index is 1220. The molecule has 3 nitrogen and oxygen atoms in total. The number of pyridine rings is 1. The Hall–Kier alpha value is -3.64. The number of carboxylic acids is 1. The van der Waals surface area contributed by atoms with E-state index in [2.05, 4.69) is 4.98 Å². The van der Waals surface area contributed by atoms with Gasteiger partial charge in [0.2, 0.25) is 11.6 Å². The predicted octanol–water partition coefficient (Wildman–Crippen LogP) is 5.50. The van der Waals surface area contributed by atoms with E-state index in [1.54, 1.807) is 0 Å². The number of carbonyl (C=O) groups is 1. The number of halogens is 10. The molecule has 31 heavy (non-hydrogen) atoms. The Balaban J connectivity index is 2.37. The van der Waals surface area contributed by atoms with E-state index in [1.165, 1.54) is 0 Å². The molecule has 0 saturated carbocycles. The molecule has 13 heteroatoms. The maximum Gasteiger partial charge on any atom is 0.337 e. The smallest absolute Gasteiger partial charge is 0.337 e. The van der Waals surface area contributed by atoms with E-state index in [1.807, 2.05) is 0 Å². The van der Waals surface area contributed by atoms with Crippen LogP contribution < -0.4 is 0 Å². The Labute approximate surface area is 164 Å². The molecule has 0 aliphatic rings. The standard InChI is InChI=1S/C18H3F10NO2/c19-7-5(8(20)12(24)15(27)11(7)23)3-1-4(18(30)31)17(29-2-3)6-9(21)13(25)16(28)14(26)10(6)22/h1-2H,(H,30,31). The monoisotopic (exact) mass is 455 g/mol. The number of hydrogen-bond donors (Lipinski definition) is 1. The molecule has 0 amide bonds.